The van der Waals surface area contributed by atoms with Gasteiger partial charge < -0.3 is 28.6 Å². The quantitative estimate of drug-likeness (QED) is 0.420. The van der Waals surface area contributed by atoms with E-state index in [1.807, 2.05) is 12.1 Å². The van der Waals surface area contributed by atoms with Crippen molar-refractivity contribution in [3.63, 3.8) is 0 Å². The molecule has 9 heteroatoms. The molecule has 31 heavy (non-hydrogen) atoms. The summed E-state index contributed by atoms with van der Waals surface area (Å²) in [7, 11) is 5.77. The Morgan fingerprint density at radius 2 is 1.35 bits per heavy atom. The first-order valence-electron chi connectivity index (χ1n) is 9.46. The first-order valence-corrected chi connectivity index (χ1v) is 10.5. The van der Waals surface area contributed by atoms with Gasteiger partial charge in [-0.05, 0) is 59.0 Å². The second-order valence-electron chi connectivity index (χ2n) is 6.31. The number of hydrogen-bond acceptors (Lipinski definition) is 8. The second-order valence-corrected chi connectivity index (χ2v) is 7.56. The Hall–Kier alpha value is -2.53. The summed E-state index contributed by atoms with van der Waals surface area (Å²) in [5.74, 6) is 0.295. The normalized spacial score (nSPS) is 12.9. The molecule has 0 unspecified atom stereocenters. The SMILES string of the molecule is COC(=O)c1cc(I)ccc1OC.COC(=O)c1cc(N2CCOCC2)ccc1OC. The van der Waals surface area contributed by atoms with Gasteiger partial charge in [-0.25, -0.2) is 9.59 Å². The third kappa shape index (κ3) is 6.73. The number of carbonyl (C=O) groups excluding carboxylic acids is 2. The van der Waals surface area contributed by atoms with Crippen LogP contribution in [0.25, 0.3) is 0 Å². The van der Waals surface area contributed by atoms with E-state index in [4.69, 9.17) is 18.9 Å². The molecule has 1 aliphatic rings. The maximum absolute atomic E-state index is 11.7. The summed E-state index contributed by atoms with van der Waals surface area (Å²) in [5.41, 5.74) is 1.89. The van der Waals surface area contributed by atoms with Crippen molar-refractivity contribution in [1.29, 1.82) is 0 Å². The number of nitrogens with zero attached hydrogens (tertiary/aromatic N) is 1. The van der Waals surface area contributed by atoms with Crippen LogP contribution in [-0.4, -0.2) is 66.7 Å². The van der Waals surface area contributed by atoms with Crippen molar-refractivity contribution in [1.82, 2.24) is 0 Å². The molecule has 0 bridgehead atoms. The zero-order chi connectivity index (χ0) is 22.8. The fraction of sp³-hybridized carbons (Fsp3) is 0.364. The van der Waals surface area contributed by atoms with Crippen molar-refractivity contribution < 1.29 is 33.3 Å². The lowest BCUT2D eigenvalue weighted by molar-refractivity contribution is 0.0588. The minimum absolute atomic E-state index is 0.379. The molecule has 0 aliphatic carbocycles. The highest BCUT2D eigenvalue weighted by atomic mass is 127. The number of hydrogen-bond donors (Lipinski definition) is 0. The predicted molar refractivity (Wildman–Crippen MR) is 124 cm³/mol. The van der Waals surface area contributed by atoms with Crippen LogP contribution in [0.3, 0.4) is 0 Å². The van der Waals surface area contributed by atoms with Gasteiger partial charge in [0.1, 0.15) is 22.6 Å². The van der Waals surface area contributed by atoms with E-state index in [9.17, 15) is 9.59 Å². The lowest BCUT2D eigenvalue weighted by Gasteiger charge is -2.29. The van der Waals surface area contributed by atoms with Crippen molar-refractivity contribution in [3.8, 4) is 11.5 Å². The highest BCUT2D eigenvalue weighted by molar-refractivity contribution is 14.1. The minimum Gasteiger partial charge on any atom is -0.496 e. The molecule has 0 atom stereocenters. The molecule has 0 aromatic heterocycles. The van der Waals surface area contributed by atoms with E-state index in [0.717, 1.165) is 22.3 Å². The summed E-state index contributed by atoms with van der Waals surface area (Å²) in [6.45, 7) is 3.07. The topological polar surface area (TPSA) is 83.5 Å². The summed E-state index contributed by atoms with van der Waals surface area (Å²) in [6.07, 6.45) is 0. The molecule has 1 aliphatic heterocycles. The zero-order valence-corrected chi connectivity index (χ0v) is 20.1. The maximum atomic E-state index is 11.7. The largest absolute Gasteiger partial charge is 0.496 e. The Morgan fingerprint density at radius 3 is 1.87 bits per heavy atom. The van der Waals surface area contributed by atoms with Crippen molar-refractivity contribution in [2.45, 2.75) is 0 Å². The average molecular weight is 543 g/mol. The molecule has 3 rings (SSSR count). The lowest BCUT2D eigenvalue weighted by Crippen LogP contribution is -2.36. The first kappa shape index (κ1) is 24.7. The van der Waals surface area contributed by atoms with Gasteiger partial charge in [0, 0.05) is 22.3 Å². The van der Waals surface area contributed by atoms with Crippen LogP contribution in [-0.2, 0) is 14.2 Å². The van der Waals surface area contributed by atoms with E-state index in [-0.39, 0.29) is 11.9 Å². The highest BCUT2D eigenvalue weighted by Gasteiger charge is 2.17. The Labute approximate surface area is 195 Å². The molecule has 2 aromatic rings. The summed E-state index contributed by atoms with van der Waals surface area (Å²) < 4.78 is 25.8. The molecule has 8 nitrogen and oxygen atoms in total. The first-order chi connectivity index (χ1) is 14.9. The van der Waals surface area contributed by atoms with Gasteiger partial charge in [-0.15, -0.1) is 0 Å². The summed E-state index contributed by atoms with van der Waals surface area (Å²) >= 11 is 2.12. The van der Waals surface area contributed by atoms with Gasteiger partial charge in [-0.1, -0.05) is 0 Å². The van der Waals surface area contributed by atoms with Crippen LogP contribution < -0.4 is 14.4 Å². The standard InChI is InChI=1S/C13H17NO4.C9H9IO3/c1-16-12-4-3-10(9-11(12)13(15)17-2)14-5-7-18-8-6-14;1-12-8-4-3-6(10)5-7(8)9(11)13-2/h3-4,9H,5-8H2,1-2H3;3-5H,1-2H3. The minimum atomic E-state index is -0.387. The molecule has 0 N–H and O–H groups in total. The number of carbonyl (C=O) groups is 2. The van der Waals surface area contributed by atoms with Crippen LogP contribution in [0.4, 0.5) is 5.69 Å². The molecule has 0 saturated carbocycles. The van der Waals surface area contributed by atoms with Gasteiger partial charge >= 0.3 is 11.9 Å². The Morgan fingerprint density at radius 1 is 0.839 bits per heavy atom. The van der Waals surface area contributed by atoms with Crippen LogP contribution >= 0.6 is 22.6 Å². The number of rotatable bonds is 5. The van der Waals surface area contributed by atoms with Gasteiger partial charge in [-0.2, -0.15) is 0 Å². The molecule has 168 valence electrons. The van der Waals surface area contributed by atoms with E-state index in [1.54, 1.807) is 24.3 Å². The number of morpholine rings is 1. The van der Waals surface area contributed by atoms with Gasteiger partial charge in [0.05, 0.1) is 41.7 Å². The number of esters is 2. The fourth-order valence-corrected chi connectivity index (χ4v) is 3.42. The van der Waals surface area contributed by atoms with E-state index in [0.29, 0.717) is 35.8 Å². The number of benzene rings is 2. The van der Waals surface area contributed by atoms with Gasteiger partial charge in [-0.3, -0.25) is 0 Å². The lowest BCUT2D eigenvalue weighted by atomic mass is 10.1. The monoisotopic (exact) mass is 543 g/mol. The van der Waals surface area contributed by atoms with Crippen LogP contribution in [0.1, 0.15) is 20.7 Å². The van der Waals surface area contributed by atoms with Crippen molar-refractivity contribution >= 4 is 40.2 Å². The Kier molecular flexibility index (Phi) is 9.86. The van der Waals surface area contributed by atoms with Gasteiger partial charge in [0.25, 0.3) is 0 Å². The summed E-state index contributed by atoms with van der Waals surface area (Å²) in [6, 6.07) is 10.9. The zero-order valence-electron chi connectivity index (χ0n) is 18.0. The molecule has 0 radical (unpaired) electrons. The van der Waals surface area contributed by atoms with Crippen LogP contribution in [0.5, 0.6) is 11.5 Å². The third-order valence-electron chi connectivity index (χ3n) is 4.53. The van der Waals surface area contributed by atoms with Crippen molar-refractivity contribution in [2.24, 2.45) is 0 Å². The molecule has 0 spiro atoms. The number of ether oxygens (including phenoxy) is 5. The van der Waals surface area contributed by atoms with Crippen LogP contribution in [0.2, 0.25) is 0 Å². The molecule has 1 heterocycles. The third-order valence-corrected chi connectivity index (χ3v) is 5.20. The average Bonchev–Trinajstić information content (AvgIpc) is 2.83. The van der Waals surface area contributed by atoms with E-state index >= 15 is 0 Å². The van der Waals surface area contributed by atoms with Crippen molar-refractivity contribution in [2.75, 3.05) is 59.6 Å². The van der Waals surface area contributed by atoms with E-state index < -0.39 is 0 Å². The molecule has 2 aromatic carbocycles. The second kappa shape index (κ2) is 12.4. The Balaban J connectivity index is 0.000000233. The van der Waals surface area contributed by atoms with Gasteiger partial charge in [0.15, 0.2) is 0 Å². The number of halogens is 1. The van der Waals surface area contributed by atoms with Crippen molar-refractivity contribution in [3.05, 3.63) is 51.1 Å². The summed E-state index contributed by atoms with van der Waals surface area (Å²) in [5, 5.41) is 0. The van der Waals surface area contributed by atoms with Crippen LogP contribution in [0.15, 0.2) is 36.4 Å². The molecule has 1 fully saturated rings. The van der Waals surface area contributed by atoms with E-state index in [1.165, 1.54) is 28.4 Å². The molecule has 0 amide bonds. The smallest absolute Gasteiger partial charge is 0.341 e. The molecular weight excluding hydrogens is 517 g/mol. The fourth-order valence-electron chi connectivity index (χ4n) is 2.93. The molecular formula is C22H26INO7. The maximum Gasteiger partial charge on any atom is 0.341 e. The summed E-state index contributed by atoms with van der Waals surface area (Å²) in [4.78, 5) is 25.1. The Bertz CT molecular complexity index is 897. The number of methoxy groups -OCH3 is 4. The number of anilines is 1. The predicted octanol–water partition coefficient (Wildman–Crippen LogP) is 3.40. The molecule has 1 saturated heterocycles. The van der Waals surface area contributed by atoms with E-state index in [2.05, 4.69) is 32.2 Å². The van der Waals surface area contributed by atoms with Gasteiger partial charge in [0.2, 0.25) is 0 Å². The highest BCUT2D eigenvalue weighted by Crippen LogP contribution is 2.26. The van der Waals surface area contributed by atoms with Crippen LogP contribution in [0, 0.1) is 3.57 Å².